The smallest absolute Gasteiger partial charge is 0.263 e. The molecule has 0 unspecified atom stereocenters. The molecule has 8 heteroatoms. The van der Waals surface area contributed by atoms with E-state index < -0.39 is 0 Å². The molecule has 0 aliphatic heterocycles. The number of benzene rings is 2. The van der Waals surface area contributed by atoms with Crippen molar-refractivity contribution in [3.05, 3.63) is 70.6 Å². The standard InChI is InChI=1S/C22H19N5O3/c1-13-20(14(2)30-26-13)21(29)25-22-24-18-11-16(12-23)5-8-19(18)27(22)10-9-15-3-6-17(28)7-4-15/h3-8,11,28H,9-10H2,1-2H3,(H,24,25,29). The Morgan fingerprint density at radius 2 is 2.00 bits per heavy atom. The van der Waals surface area contributed by atoms with E-state index in [4.69, 9.17) is 4.52 Å². The number of carbonyl (C=O) groups is 1. The minimum Gasteiger partial charge on any atom is -0.508 e. The third kappa shape index (κ3) is 3.61. The van der Waals surface area contributed by atoms with Gasteiger partial charge in [-0.3, -0.25) is 10.1 Å². The average Bonchev–Trinajstić information content (AvgIpc) is 3.25. The van der Waals surface area contributed by atoms with Crippen LogP contribution in [0.1, 0.15) is 32.9 Å². The lowest BCUT2D eigenvalue weighted by molar-refractivity contribution is 0.102. The maximum absolute atomic E-state index is 12.8. The minimum atomic E-state index is -0.354. The van der Waals surface area contributed by atoms with Crippen molar-refractivity contribution in [3.63, 3.8) is 0 Å². The van der Waals surface area contributed by atoms with Gasteiger partial charge < -0.3 is 14.2 Å². The molecule has 0 atom stereocenters. The van der Waals surface area contributed by atoms with Gasteiger partial charge in [0.2, 0.25) is 5.95 Å². The van der Waals surface area contributed by atoms with E-state index in [0.29, 0.717) is 47.0 Å². The molecule has 0 bridgehead atoms. The Bertz CT molecular complexity index is 1260. The topological polar surface area (TPSA) is 117 Å². The third-order valence-electron chi connectivity index (χ3n) is 4.92. The van der Waals surface area contributed by atoms with E-state index in [1.54, 1.807) is 38.1 Å². The number of aromatic nitrogens is 3. The maximum Gasteiger partial charge on any atom is 0.263 e. The quantitative estimate of drug-likeness (QED) is 0.526. The van der Waals surface area contributed by atoms with Crippen LogP contribution in [0.5, 0.6) is 5.75 Å². The number of nitrogens with one attached hydrogen (secondary N) is 1. The third-order valence-corrected chi connectivity index (χ3v) is 4.92. The molecule has 2 aromatic carbocycles. The van der Waals surface area contributed by atoms with Crippen molar-refractivity contribution in [2.75, 3.05) is 5.32 Å². The van der Waals surface area contributed by atoms with Crippen LogP contribution in [0.2, 0.25) is 0 Å². The number of fused-ring (bicyclic) bond motifs is 1. The Hall–Kier alpha value is -4.12. The summed E-state index contributed by atoms with van der Waals surface area (Å²) in [5, 5.41) is 25.4. The predicted octanol–water partition coefficient (Wildman–Crippen LogP) is 3.71. The molecule has 0 spiro atoms. The number of imidazole rings is 1. The Labute approximate surface area is 172 Å². The molecule has 2 aromatic heterocycles. The van der Waals surface area contributed by atoms with Crippen LogP contribution in [-0.4, -0.2) is 25.7 Å². The molecule has 0 saturated heterocycles. The highest BCUT2D eigenvalue weighted by molar-refractivity contribution is 6.05. The van der Waals surface area contributed by atoms with Gasteiger partial charge in [0, 0.05) is 6.54 Å². The van der Waals surface area contributed by atoms with Crippen molar-refractivity contribution in [1.82, 2.24) is 14.7 Å². The van der Waals surface area contributed by atoms with E-state index >= 15 is 0 Å². The van der Waals surface area contributed by atoms with Crippen molar-refractivity contribution >= 4 is 22.9 Å². The molecule has 0 radical (unpaired) electrons. The summed E-state index contributed by atoms with van der Waals surface area (Å²) in [4.78, 5) is 17.4. The molecule has 1 amide bonds. The minimum absolute atomic E-state index is 0.211. The Morgan fingerprint density at radius 1 is 1.23 bits per heavy atom. The van der Waals surface area contributed by atoms with E-state index in [-0.39, 0.29) is 11.7 Å². The molecule has 0 aliphatic carbocycles. The molecule has 4 rings (SSSR count). The maximum atomic E-state index is 12.8. The number of nitrogens with zero attached hydrogens (tertiary/aromatic N) is 4. The lowest BCUT2D eigenvalue weighted by atomic mass is 10.1. The molecule has 30 heavy (non-hydrogen) atoms. The number of aryl methyl sites for hydroxylation is 4. The van der Waals surface area contributed by atoms with Gasteiger partial charge in [0.15, 0.2) is 0 Å². The summed E-state index contributed by atoms with van der Waals surface area (Å²) < 4.78 is 7.00. The molecule has 150 valence electrons. The fraction of sp³-hybridized carbons (Fsp3) is 0.182. The van der Waals surface area contributed by atoms with Crippen LogP contribution in [0.3, 0.4) is 0 Å². The van der Waals surface area contributed by atoms with Gasteiger partial charge in [0.25, 0.3) is 5.91 Å². The Balaban J connectivity index is 1.70. The van der Waals surface area contributed by atoms with Gasteiger partial charge in [-0.1, -0.05) is 17.3 Å². The largest absolute Gasteiger partial charge is 0.508 e. The Morgan fingerprint density at radius 3 is 2.67 bits per heavy atom. The summed E-state index contributed by atoms with van der Waals surface area (Å²) in [6, 6.07) is 14.3. The number of amides is 1. The van der Waals surface area contributed by atoms with Crippen molar-refractivity contribution in [2.45, 2.75) is 26.8 Å². The fourth-order valence-corrected chi connectivity index (χ4v) is 3.40. The number of rotatable bonds is 5. The van der Waals surface area contributed by atoms with Crippen LogP contribution < -0.4 is 5.32 Å². The lowest BCUT2D eigenvalue weighted by Crippen LogP contribution is -2.17. The first-order valence-corrected chi connectivity index (χ1v) is 9.39. The summed E-state index contributed by atoms with van der Waals surface area (Å²) in [6.07, 6.45) is 0.667. The molecule has 0 aliphatic rings. The lowest BCUT2D eigenvalue weighted by Gasteiger charge is -2.10. The molecule has 0 saturated carbocycles. The van der Waals surface area contributed by atoms with E-state index in [0.717, 1.165) is 11.1 Å². The van der Waals surface area contributed by atoms with Crippen LogP contribution in [0.15, 0.2) is 47.0 Å². The highest BCUT2D eigenvalue weighted by Crippen LogP contribution is 2.23. The highest BCUT2D eigenvalue weighted by atomic mass is 16.5. The SMILES string of the molecule is Cc1noc(C)c1C(=O)Nc1nc2cc(C#N)ccc2n1CCc1ccc(O)cc1. The number of hydrogen-bond donors (Lipinski definition) is 2. The van der Waals surface area contributed by atoms with Gasteiger partial charge in [0.1, 0.15) is 17.1 Å². The van der Waals surface area contributed by atoms with Gasteiger partial charge in [0.05, 0.1) is 28.4 Å². The number of phenolic OH excluding ortho intramolecular Hbond substituents is 1. The van der Waals surface area contributed by atoms with Crippen LogP contribution in [0.25, 0.3) is 11.0 Å². The Kier molecular flexibility index (Phi) is 4.94. The number of hydrogen-bond acceptors (Lipinski definition) is 6. The molecule has 2 N–H and O–H groups in total. The summed E-state index contributed by atoms with van der Waals surface area (Å²) >= 11 is 0. The average molecular weight is 401 g/mol. The van der Waals surface area contributed by atoms with Crippen molar-refractivity contribution in [1.29, 1.82) is 5.26 Å². The molecule has 4 aromatic rings. The molecule has 2 heterocycles. The number of aromatic hydroxyl groups is 1. The normalized spacial score (nSPS) is 10.8. The number of anilines is 1. The number of nitriles is 1. The highest BCUT2D eigenvalue weighted by Gasteiger charge is 2.20. The molecule has 0 fully saturated rings. The molecular formula is C22H19N5O3. The fourth-order valence-electron chi connectivity index (χ4n) is 3.40. The van der Waals surface area contributed by atoms with Crippen molar-refractivity contribution in [3.8, 4) is 11.8 Å². The van der Waals surface area contributed by atoms with E-state index in [9.17, 15) is 15.2 Å². The molecular weight excluding hydrogens is 382 g/mol. The second kappa shape index (κ2) is 7.72. The predicted molar refractivity (Wildman–Crippen MR) is 110 cm³/mol. The number of carbonyl (C=O) groups excluding carboxylic acids is 1. The number of phenols is 1. The van der Waals surface area contributed by atoms with Crippen LogP contribution in [-0.2, 0) is 13.0 Å². The van der Waals surface area contributed by atoms with Crippen LogP contribution >= 0.6 is 0 Å². The summed E-state index contributed by atoms with van der Waals surface area (Å²) in [7, 11) is 0. The van der Waals surface area contributed by atoms with Gasteiger partial charge in [-0.05, 0) is 56.2 Å². The molecule has 8 nitrogen and oxygen atoms in total. The first-order valence-electron chi connectivity index (χ1n) is 9.39. The summed E-state index contributed by atoms with van der Waals surface area (Å²) in [6.45, 7) is 3.94. The van der Waals surface area contributed by atoms with Crippen molar-refractivity contribution in [2.24, 2.45) is 0 Å². The second-order valence-electron chi connectivity index (χ2n) is 6.97. The van der Waals surface area contributed by atoms with E-state index in [1.165, 1.54) is 0 Å². The van der Waals surface area contributed by atoms with Crippen LogP contribution in [0.4, 0.5) is 5.95 Å². The van der Waals surface area contributed by atoms with Gasteiger partial charge in [-0.25, -0.2) is 4.98 Å². The monoisotopic (exact) mass is 401 g/mol. The van der Waals surface area contributed by atoms with Gasteiger partial charge in [-0.15, -0.1) is 0 Å². The summed E-state index contributed by atoms with van der Waals surface area (Å²) in [5.41, 5.74) is 3.84. The van der Waals surface area contributed by atoms with Crippen molar-refractivity contribution < 1.29 is 14.4 Å². The first-order chi connectivity index (χ1) is 14.5. The zero-order valence-corrected chi connectivity index (χ0v) is 16.5. The van der Waals surface area contributed by atoms with Gasteiger partial charge in [-0.2, -0.15) is 5.26 Å². The first kappa shape index (κ1) is 19.2. The van der Waals surface area contributed by atoms with Gasteiger partial charge >= 0.3 is 0 Å². The zero-order valence-electron chi connectivity index (χ0n) is 16.5. The van der Waals surface area contributed by atoms with E-state index in [1.807, 2.05) is 22.8 Å². The van der Waals surface area contributed by atoms with E-state index in [2.05, 4.69) is 21.5 Å². The zero-order chi connectivity index (χ0) is 21.3. The second-order valence-corrected chi connectivity index (χ2v) is 6.97. The van der Waals surface area contributed by atoms with Crippen LogP contribution in [0, 0.1) is 25.2 Å². The summed E-state index contributed by atoms with van der Waals surface area (Å²) in [5.74, 6) is 0.670.